The third-order valence-electron chi connectivity index (χ3n) is 3.65. The van der Waals surface area contributed by atoms with Crippen LogP contribution < -0.4 is 0 Å². The number of aliphatic carboxylic acids is 1. The fourth-order valence-corrected chi connectivity index (χ4v) is 2.68. The molecule has 0 saturated heterocycles. The maximum absolute atomic E-state index is 13.4. The van der Waals surface area contributed by atoms with Crippen LogP contribution in [0.25, 0.3) is 0 Å². The molecule has 1 aliphatic rings. The maximum Gasteiger partial charge on any atom is 0.314 e. The van der Waals surface area contributed by atoms with E-state index in [0.717, 1.165) is 18.9 Å². The Labute approximate surface area is 98.9 Å². The van der Waals surface area contributed by atoms with E-state index >= 15 is 0 Å². The van der Waals surface area contributed by atoms with Crippen LogP contribution in [0.1, 0.15) is 36.8 Å². The largest absolute Gasteiger partial charge is 0.507 e. The van der Waals surface area contributed by atoms with E-state index in [1.165, 1.54) is 6.07 Å². The van der Waals surface area contributed by atoms with E-state index in [9.17, 15) is 19.4 Å². The summed E-state index contributed by atoms with van der Waals surface area (Å²) in [4.78, 5) is 11.5. The van der Waals surface area contributed by atoms with Crippen LogP contribution in [-0.4, -0.2) is 16.2 Å². The summed E-state index contributed by atoms with van der Waals surface area (Å²) >= 11 is 0. The number of aromatic hydroxyl groups is 1. The average molecular weight is 238 g/mol. The number of hydrogen-bond acceptors (Lipinski definition) is 2. The van der Waals surface area contributed by atoms with Gasteiger partial charge in [0, 0.05) is 5.56 Å². The van der Waals surface area contributed by atoms with Crippen molar-refractivity contribution in [2.75, 3.05) is 0 Å². The van der Waals surface area contributed by atoms with Gasteiger partial charge in [-0.3, -0.25) is 4.79 Å². The van der Waals surface area contributed by atoms with Crippen molar-refractivity contribution in [2.45, 2.75) is 38.0 Å². The first-order valence-electron chi connectivity index (χ1n) is 5.70. The van der Waals surface area contributed by atoms with Crippen molar-refractivity contribution in [1.82, 2.24) is 0 Å². The molecule has 3 nitrogen and oxygen atoms in total. The van der Waals surface area contributed by atoms with Crippen LogP contribution in [0.15, 0.2) is 12.1 Å². The second-order valence-electron chi connectivity index (χ2n) is 4.71. The molecule has 0 heterocycles. The van der Waals surface area contributed by atoms with Crippen molar-refractivity contribution in [3.8, 4) is 5.75 Å². The molecule has 0 spiro atoms. The van der Waals surface area contributed by atoms with Crippen molar-refractivity contribution in [3.63, 3.8) is 0 Å². The number of phenolic OH excluding ortho intramolecular Hbond substituents is 1. The number of carbonyl (C=O) groups is 1. The average Bonchev–Trinajstić information content (AvgIpc) is 2.73. The lowest BCUT2D eigenvalue weighted by Gasteiger charge is -2.25. The number of halogens is 1. The quantitative estimate of drug-likeness (QED) is 0.832. The van der Waals surface area contributed by atoms with Gasteiger partial charge in [-0.1, -0.05) is 12.8 Å². The SMILES string of the molecule is Cc1cc(F)cc(C2(C(=O)O)CCCC2)c1O. The molecule has 17 heavy (non-hydrogen) atoms. The topological polar surface area (TPSA) is 57.5 Å². The first kappa shape index (κ1) is 11.9. The predicted octanol–water partition coefficient (Wildman–Crippen LogP) is 2.74. The fraction of sp³-hybridized carbons (Fsp3) is 0.462. The Morgan fingerprint density at radius 2 is 1.94 bits per heavy atom. The molecule has 2 rings (SSSR count). The summed E-state index contributed by atoms with van der Waals surface area (Å²) < 4.78 is 13.4. The normalized spacial score (nSPS) is 18.2. The van der Waals surface area contributed by atoms with Crippen LogP contribution in [0.5, 0.6) is 5.75 Å². The van der Waals surface area contributed by atoms with Gasteiger partial charge in [0.15, 0.2) is 0 Å². The number of carboxylic acids is 1. The number of carboxylic acid groups (broad SMARTS) is 1. The zero-order chi connectivity index (χ0) is 12.6. The first-order chi connectivity index (χ1) is 7.97. The highest BCUT2D eigenvalue weighted by Crippen LogP contribution is 2.45. The van der Waals surface area contributed by atoms with E-state index in [4.69, 9.17) is 0 Å². The summed E-state index contributed by atoms with van der Waals surface area (Å²) in [5, 5.41) is 19.4. The van der Waals surface area contributed by atoms with Crippen molar-refractivity contribution < 1.29 is 19.4 Å². The molecule has 2 N–H and O–H groups in total. The maximum atomic E-state index is 13.4. The summed E-state index contributed by atoms with van der Waals surface area (Å²) in [5.74, 6) is -1.56. The Hall–Kier alpha value is -1.58. The standard InChI is InChI=1S/C13H15FO3/c1-8-6-9(14)7-10(11(8)15)13(12(16)17)4-2-3-5-13/h6-7,15H,2-5H2,1H3,(H,16,17). The molecule has 0 amide bonds. The van der Waals surface area contributed by atoms with E-state index in [1.807, 2.05) is 0 Å². The molecule has 0 aromatic heterocycles. The van der Waals surface area contributed by atoms with Gasteiger partial charge in [0.05, 0.1) is 5.41 Å². The summed E-state index contributed by atoms with van der Waals surface area (Å²) in [5.41, 5.74) is -0.510. The number of benzene rings is 1. The van der Waals surface area contributed by atoms with Crippen molar-refractivity contribution in [2.24, 2.45) is 0 Å². The van der Waals surface area contributed by atoms with Gasteiger partial charge in [0.2, 0.25) is 0 Å². The molecular formula is C13H15FO3. The molecule has 0 radical (unpaired) electrons. The van der Waals surface area contributed by atoms with Crippen molar-refractivity contribution in [3.05, 3.63) is 29.1 Å². The Balaban J connectivity index is 2.62. The second kappa shape index (κ2) is 4.02. The van der Waals surface area contributed by atoms with Gasteiger partial charge in [-0.25, -0.2) is 4.39 Å². The van der Waals surface area contributed by atoms with Crippen LogP contribution in [-0.2, 0) is 10.2 Å². The molecule has 0 bridgehead atoms. The van der Waals surface area contributed by atoms with Gasteiger partial charge < -0.3 is 10.2 Å². The Morgan fingerprint density at radius 3 is 2.47 bits per heavy atom. The zero-order valence-corrected chi connectivity index (χ0v) is 9.66. The molecule has 0 aliphatic heterocycles. The van der Waals surface area contributed by atoms with Gasteiger partial charge in [-0.15, -0.1) is 0 Å². The predicted molar refractivity (Wildman–Crippen MR) is 60.6 cm³/mol. The van der Waals surface area contributed by atoms with E-state index in [1.54, 1.807) is 6.92 Å². The van der Waals surface area contributed by atoms with Gasteiger partial charge in [-0.05, 0) is 37.5 Å². The Kier molecular flexibility index (Phi) is 2.81. The molecule has 1 aliphatic carbocycles. The van der Waals surface area contributed by atoms with E-state index in [2.05, 4.69) is 0 Å². The lowest BCUT2D eigenvalue weighted by molar-refractivity contribution is -0.143. The van der Waals surface area contributed by atoms with E-state index in [-0.39, 0.29) is 11.3 Å². The summed E-state index contributed by atoms with van der Waals surface area (Å²) in [6, 6.07) is 2.37. The highest BCUT2D eigenvalue weighted by molar-refractivity contribution is 5.83. The number of rotatable bonds is 2. The minimum Gasteiger partial charge on any atom is -0.507 e. The molecule has 92 valence electrons. The van der Waals surface area contributed by atoms with Crippen molar-refractivity contribution >= 4 is 5.97 Å². The van der Waals surface area contributed by atoms with Gasteiger partial charge in [-0.2, -0.15) is 0 Å². The monoisotopic (exact) mass is 238 g/mol. The second-order valence-corrected chi connectivity index (χ2v) is 4.71. The molecular weight excluding hydrogens is 223 g/mol. The van der Waals surface area contributed by atoms with Gasteiger partial charge >= 0.3 is 5.97 Å². The highest BCUT2D eigenvalue weighted by Gasteiger charge is 2.45. The smallest absolute Gasteiger partial charge is 0.314 e. The number of phenols is 1. The Bertz CT molecular complexity index is 462. The minimum absolute atomic E-state index is 0.0873. The minimum atomic E-state index is -1.11. The van der Waals surface area contributed by atoms with Crippen LogP contribution in [0.4, 0.5) is 4.39 Å². The zero-order valence-electron chi connectivity index (χ0n) is 9.66. The molecule has 1 fully saturated rings. The summed E-state index contributed by atoms with van der Waals surface area (Å²) in [6.45, 7) is 1.58. The molecule has 1 aromatic carbocycles. The molecule has 0 unspecified atom stereocenters. The number of hydrogen-bond donors (Lipinski definition) is 2. The van der Waals surface area contributed by atoms with Crippen LogP contribution in [0, 0.1) is 12.7 Å². The van der Waals surface area contributed by atoms with Gasteiger partial charge in [0.25, 0.3) is 0 Å². The van der Waals surface area contributed by atoms with Crippen molar-refractivity contribution in [1.29, 1.82) is 0 Å². The van der Waals surface area contributed by atoms with Crippen LogP contribution in [0.3, 0.4) is 0 Å². The third-order valence-corrected chi connectivity index (χ3v) is 3.65. The highest BCUT2D eigenvalue weighted by atomic mass is 19.1. The number of aryl methyl sites for hydroxylation is 1. The molecule has 1 saturated carbocycles. The lowest BCUT2D eigenvalue weighted by atomic mass is 9.78. The van der Waals surface area contributed by atoms with Gasteiger partial charge in [0.1, 0.15) is 11.6 Å². The third kappa shape index (κ3) is 1.77. The van der Waals surface area contributed by atoms with E-state index < -0.39 is 17.2 Å². The van der Waals surface area contributed by atoms with Crippen LogP contribution in [0.2, 0.25) is 0 Å². The summed E-state index contributed by atoms with van der Waals surface area (Å²) in [6.07, 6.45) is 2.50. The summed E-state index contributed by atoms with van der Waals surface area (Å²) in [7, 11) is 0. The molecule has 1 aromatic rings. The first-order valence-corrected chi connectivity index (χ1v) is 5.70. The van der Waals surface area contributed by atoms with Crippen LogP contribution >= 0.6 is 0 Å². The Morgan fingerprint density at radius 1 is 1.35 bits per heavy atom. The van der Waals surface area contributed by atoms with E-state index in [0.29, 0.717) is 18.4 Å². The lowest BCUT2D eigenvalue weighted by Crippen LogP contribution is -2.32. The molecule has 4 heteroatoms. The fourth-order valence-electron chi connectivity index (χ4n) is 2.68. The molecule has 0 atom stereocenters.